The number of hydrogen-bond donors (Lipinski definition) is 2. The maximum atomic E-state index is 11.9. The van der Waals surface area contributed by atoms with Crippen molar-refractivity contribution in [1.29, 1.82) is 0 Å². The van der Waals surface area contributed by atoms with Gasteiger partial charge < -0.3 is 24.8 Å². The second kappa shape index (κ2) is 8.15. The minimum atomic E-state index is -1.12. The first-order valence-electron chi connectivity index (χ1n) is 8.25. The fourth-order valence-corrected chi connectivity index (χ4v) is 2.52. The van der Waals surface area contributed by atoms with Crippen LogP contribution in [0.3, 0.4) is 0 Å². The number of pyridine rings is 1. The van der Waals surface area contributed by atoms with Crippen LogP contribution in [0.4, 0.5) is 10.6 Å². The molecule has 1 aliphatic rings. The number of ether oxygens (including phenoxy) is 2. The first-order valence-corrected chi connectivity index (χ1v) is 8.25. The van der Waals surface area contributed by atoms with Gasteiger partial charge in [-0.05, 0) is 32.4 Å². The van der Waals surface area contributed by atoms with Crippen LogP contribution in [0.15, 0.2) is 18.3 Å². The number of hydrogen-bond acceptors (Lipinski definition) is 6. The van der Waals surface area contributed by atoms with Gasteiger partial charge in [0.25, 0.3) is 0 Å². The number of carbonyl (C=O) groups is 2. The van der Waals surface area contributed by atoms with Crippen LogP contribution < -0.4 is 10.2 Å². The molecular weight excluding hydrogens is 326 g/mol. The molecule has 1 atom stereocenters. The highest BCUT2D eigenvalue weighted by Gasteiger charge is 2.26. The molecule has 1 saturated heterocycles. The van der Waals surface area contributed by atoms with Gasteiger partial charge in [0.2, 0.25) is 0 Å². The molecule has 1 amide bonds. The van der Waals surface area contributed by atoms with E-state index in [2.05, 4.69) is 15.2 Å². The van der Waals surface area contributed by atoms with Crippen molar-refractivity contribution in [1.82, 2.24) is 10.3 Å². The van der Waals surface area contributed by atoms with Crippen LogP contribution in [0.1, 0.15) is 26.3 Å². The summed E-state index contributed by atoms with van der Waals surface area (Å²) in [4.78, 5) is 29.9. The van der Waals surface area contributed by atoms with E-state index in [4.69, 9.17) is 9.47 Å². The fourth-order valence-electron chi connectivity index (χ4n) is 2.52. The van der Waals surface area contributed by atoms with Crippen LogP contribution in [0, 0.1) is 0 Å². The van der Waals surface area contributed by atoms with Crippen molar-refractivity contribution < 1.29 is 24.2 Å². The van der Waals surface area contributed by atoms with Gasteiger partial charge in [0.05, 0.1) is 13.2 Å². The van der Waals surface area contributed by atoms with E-state index in [-0.39, 0.29) is 6.42 Å². The van der Waals surface area contributed by atoms with E-state index >= 15 is 0 Å². The van der Waals surface area contributed by atoms with Gasteiger partial charge in [-0.3, -0.25) is 0 Å². The number of nitrogens with zero attached hydrogens (tertiary/aromatic N) is 2. The van der Waals surface area contributed by atoms with Crippen LogP contribution in [0.5, 0.6) is 0 Å². The van der Waals surface area contributed by atoms with Crippen molar-refractivity contribution in [3.05, 3.63) is 23.9 Å². The summed E-state index contributed by atoms with van der Waals surface area (Å²) >= 11 is 0. The van der Waals surface area contributed by atoms with E-state index in [9.17, 15) is 14.7 Å². The predicted octanol–water partition coefficient (Wildman–Crippen LogP) is 1.44. The lowest BCUT2D eigenvalue weighted by molar-refractivity contribution is -0.139. The molecule has 2 N–H and O–H groups in total. The molecule has 1 aromatic heterocycles. The zero-order valence-corrected chi connectivity index (χ0v) is 14.8. The highest BCUT2D eigenvalue weighted by molar-refractivity contribution is 5.80. The molecular formula is C17H25N3O5. The Bertz CT molecular complexity index is 609. The number of carboxylic acids is 1. The quantitative estimate of drug-likeness (QED) is 0.828. The first-order chi connectivity index (χ1) is 11.8. The minimum Gasteiger partial charge on any atom is -0.480 e. The molecule has 0 aliphatic carbocycles. The number of morpholine rings is 1. The van der Waals surface area contributed by atoms with Crippen molar-refractivity contribution in [2.24, 2.45) is 0 Å². The molecule has 1 fully saturated rings. The SMILES string of the molecule is CC(C)(C)OC(=O)NC(Cc1cccnc1N1CCOCC1)C(=O)O. The van der Waals surface area contributed by atoms with Gasteiger partial charge in [-0.15, -0.1) is 0 Å². The molecule has 1 aliphatic heterocycles. The van der Waals surface area contributed by atoms with Crippen LogP contribution >= 0.6 is 0 Å². The third-order valence-electron chi connectivity index (χ3n) is 3.59. The molecule has 0 saturated carbocycles. The normalized spacial score (nSPS) is 16.2. The van der Waals surface area contributed by atoms with Gasteiger partial charge in [-0.2, -0.15) is 0 Å². The van der Waals surface area contributed by atoms with E-state index in [0.29, 0.717) is 26.3 Å². The third kappa shape index (κ3) is 5.90. The zero-order valence-electron chi connectivity index (χ0n) is 14.8. The summed E-state index contributed by atoms with van der Waals surface area (Å²) in [6.07, 6.45) is 1.04. The second-order valence-electron chi connectivity index (χ2n) is 6.83. The van der Waals surface area contributed by atoms with E-state index in [0.717, 1.165) is 11.4 Å². The minimum absolute atomic E-state index is 0.120. The van der Waals surface area contributed by atoms with Gasteiger partial charge in [0.1, 0.15) is 17.5 Å². The summed E-state index contributed by atoms with van der Waals surface area (Å²) in [5.74, 6) is -0.398. The Morgan fingerprint density at radius 1 is 1.40 bits per heavy atom. The molecule has 0 aromatic carbocycles. The largest absolute Gasteiger partial charge is 0.480 e. The monoisotopic (exact) mass is 351 g/mol. The van der Waals surface area contributed by atoms with Gasteiger partial charge in [0, 0.05) is 25.7 Å². The summed E-state index contributed by atoms with van der Waals surface area (Å²) in [5, 5.41) is 11.9. The Morgan fingerprint density at radius 2 is 2.08 bits per heavy atom. The highest BCUT2D eigenvalue weighted by atomic mass is 16.6. The smallest absolute Gasteiger partial charge is 0.408 e. The standard InChI is InChI=1S/C17H25N3O5/c1-17(2,3)25-16(23)19-13(15(21)22)11-12-5-4-6-18-14(12)20-7-9-24-10-8-20/h4-6,13H,7-11H2,1-3H3,(H,19,23)(H,21,22). The number of anilines is 1. The Hall–Kier alpha value is -2.35. The van der Waals surface area contributed by atoms with Crippen LogP contribution in [0.25, 0.3) is 0 Å². The van der Waals surface area contributed by atoms with Crippen LogP contribution in [-0.2, 0) is 20.7 Å². The number of amides is 1. The molecule has 25 heavy (non-hydrogen) atoms. The lowest BCUT2D eigenvalue weighted by atomic mass is 10.1. The van der Waals surface area contributed by atoms with Crippen molar-refractivity contribution >= 4 is 17.9 Å². The summed E-state index contributed by atoms with van der Waals surface area (Å²) in [5.41, 5.74) is 0.0632. The molecule has 0 radical (unpaired) electrons. The molecule has 8 nitrogen and oxygen atoms in total. The number of aromatic nitrogens is 1. The van der Waals surface area contributed by atoms with Gasteiger partial charge >= 0.3 is 12.1 Å². The van der Waals surface area contributed by atoms with Crippen molar-refractivity contribution in [3.63, 3.8) is 0 Å². The zero-order chi connectivity index (χ0) is 18.4. The van der Waals surface area contributed by atoms with E-state index < -0.39 is 23.7 Å². The number of nitrogens with one attached hydrogen (secondary N) is 1. The summed E-state index contributed by atoms with van der Waals surface area (Å²) < 4.78 is 10.5. The van der Waals surface area contributed by atoms with Crippen molar-refractivity contribution in [2.45, 2.75) is 38.8 Å². The average Bonchev–Trinajstić information content (AvgIpc) is 2.53. The maximum absolute atomic E-state index is 11.9. The van der Waals surface area contributed by atoms with Gasteiger partial charge in [0.15, 0.2) is 0 Å². The van der Waals surface area contributed by atoms with Crippen LogP contribution in [-0.4, -0.2) is 60.1 Å². The summed E-state index contributed by atoms with van der Waals surface area (Å²) in [6.45, 7) is 7.77. The van der Waals surface area contributed by atoms with Crippen LogP contribution in [0.2, 0.25) is 0 Å². The lowest BCUT2D eigenvalue weighted by Gasteiger charge is -2.30. The Kier molecular flexibility index (Phi) is 6.19. The number of carbonyl (C=O) groups excluding carboxylic acids is 1. The summed E-state index contributed by atoms with van der Waals surface area (Å²) in [6, 6.07) is 2.48. The first kappa shape index (κ1) is 19.0. The molecule has 0 spiro atoms. The molecule has 1 aromatic rings. The van der Waals surface area contributed by atoms with E-state index in [1.54, 1.807) is 33.0 Å². The molecule has 2 rings (SSSR count). The molecule has 8 heteroatoms. The van der Waals surface area contributed by atoms with Gasteiger partial charge in [-0.25, -0.2) is 14.6 Å². The second-order valence-corrected chi connectivity index (χ2v) is 6.83. The number of carboxylic acid groups (broad SMARTS) is 1. The third-order valence-corrected chi connectivity index (χ3v) is 3.59. The Balaban J connectivity index is 2.11. The van der Waals surface area contributed by atoms with Crippen molar-refractivity contribution in [2.75, 3.05) is 31.2 Å². The number of alkyl carbamates (subject to hydrolysis) is 1. The van der Waals surface area contributed by atoms with E-state index in [1.165, 1.54) is 0 Å². The fraction of sp³-hybridized carbons (Fsp3) is 0.588. The highest BCUT2D eigenvalue weighted by Crippen LogP contribution is 2.20. The van der Waals surface area contributed by atoms with Crippen molar-refractivity contribution in [3.8, 4) is 0 Å². The van der Waals surface area contributed by atoms with E-state index in [1.807, 2.05) is 6.07 Å². The topological polar surface area (TPSA) is 101 Å². The number of aliphatic carboxylic acids is 1. The maximum Gasteiger partial charge on any atom is 0.408 e. The summed E-state index contributed by atoms with van der Waals surface area (Å²) in [7, 11) is 0. The molecule has 138 valence electrons. The number of rotatable bonds is 5. The molecule has 2 heterocycles. The van der Waals surface area contributed by atoms with Gasteiger partial charge in [-0.1, -0.05) is 6.07 Å². The predicted molar refractivity (Wildman–Crippen MR) is 91.8 cm³/mol. The Labute approximate surface area is 147 Å². The Morgan fingerprint density at radius 3 is 2.68 bits per heavy atom. The average molecular weight is 351 g/mol. The molecule has 1 unspecified atom stereocenters. The molecule has 0 bridgehead atoms. The lowest BCUT2D eigenvalue weighted by Crippen LogP contribution is -2.45.